The van der Waals surface area contributed by atoms with E-state index in [0.717, 1.165) is 29.1 Å². The van der Waals surface area contributed by atoms with E-state index in [-0.39, 0.29) is 17.3 Å². The fraction of sp³-hybridized carbons (Fsp3) is 0.560. The van der Waals surface area contributed by atoms with Gasteiger partial charge in [0.2, 0.25) is 0 Å². The summed E-state index contributed by atoms with van der Waals surface area (Å²) in [6, 6.07) is 10.9. The average Bonchev–Trinajstić information content (AvgIpc) is 3.43. The number of carbonyl (C=O) groups is 1. The topological polar surface area (TPSA) is 59.4 Å². The fourth-order valence-corrected chi connectivity index (χ4v) is 7.74. The molecule has 172 valence electrons. The lowest BCUT2D eigenvalue weighted by atomic mass is 9.96. The quantitative estimate of drug-likeness (QED) is 0.573. The Labute approximate surface area is 195 Å². The summed E-state index contributed by atoms with van der Waals surface area (Å²) in [5.41, 5.74) is 3.83. The monoisotopic (exact) mass is 474 g/mol. The van der Waals surface area contributed by atoms with Gasteiger partial charge in [-0.05, 0) is 88.1 Å². The number of carbonyl (C=O) groups excluding carboxylic acids is 1. The van der Waals surface area contributed by atoms with Crippen molar-refractivity contribution in [3.05, 3.63) is 52.3 Å². The highest BCUT2D eigenvalue weighted by molar-refractivity contribution is 7.91. The molecule has 0 aliphatic carbocycles. The lowest BCUT2D eigenvalue weighted by Crippen LogP contribution is -2.34. The molecule has 32 heavy (non-hydrogen) atoms. The van der Waals surface area contributed by atoms with Crippen LogP contribution in [0.5, 0.6) is 0 Å². The van der Waals surface area contributed by atoms with Gasteiger partial charge in [-0.25, -0.2) is 8.42 Å². The first-order valence-electron chi connectivity index (χ1n) is 11.8. The van der Waals surface area contributed by atoms with E-state index in [4.69, 9.17) is 11.6 Å². The van der Waals surface area contributed by atoms with Gasteiger partial charge in [0.1, 0.15) is 9.84 Å². The van der Waals surface area contributed by atoms with E-state index < -0.39 is 9.84 Å². The van der Waals surface area contributed by atoms with Crippen LogP contribution in [0.15, 0.2) is 30.3 Å². The van der Waals surface area contributed by atoms with Gasteiger partial charge in [-0.2, -0.15) is 0 Å². The van der Waals surface area contributed by atoms with Crippen molar-refractivity contribution in [3.8, 4) is 5.69 Å². The van der Waals surface area contributed by atoms with Crippen LogP contribution in [0.2, 0.25) is 5.02 Å². The minimum absolute atomic E-state index is 0.196. The molecule has 3 saturated heterocycles. The largest absolute Gasteiger partial charge is 0.317 e. The number of fused-ring (bicyclic) bond motifs is 2. The van der Waals surface area contributed by atoms with Crippen molar-refractivity contribution in [1.29, 1.82) is 0 Å². The minimum atomic E-state index is -2.89. The summed E-state index contributed by atoms with van der Waals surface area (Å²) in [6.07, 6.45) is 7.04. The van der Waals surface area contributed by atoms with Crippen LogP contribution in [-0.4, -0.2) is 53.8 Å². The highest BCUT2D eigenvalue weighted by atomic mass is 35.5. The van der Waals surface area contributed by atoms with Crippen LogP contribution in [0.1, 0.15) is 60.3 Å². The third kappa shape index (κ3) is 4.29. The molecule has 0 unspecified atom stereocenters. The number of Topliss-reactive ketones (excluding diaryl/α,β-unsaturated/α-hetero) is 1. The number of benzene rings is 1. The van der Waals surface area contributed by atoms with Crippen molar-refractivity contribution in [1.82, 2.24) is 9.47 Å². The van der Waals surface area contributed by atoms with Gasteiger partial charge in [0.25, 0.3) is 0 Å². The number of rotatable bonds is 6. The predicted molar refractivity (Wildman–Crippen MR) is 128 cm³/mol. The zero-order chi connectivity index (χ0) is 22.5. The van der Waals surface area contributed by atoms with Gasteiger partial charge in [-0.15, -0.1) is 0 Å². The second-order valence-electron chi connectivity index (χ2n) is 9.80. The van der Waals surface area contributed by atoms with E-state index in [1.54, 1.807) is 0 Å². The first kappa shape index (κ1) is 22.2. The second-order valence-corrected chi connectivity index (χ2v) is 12.5. The molecule has 4 heterocycles. The van der Waals surface area contributed by atoms with Gasteiger partial charge >= 0.3 is 0 Å². The summed E-state index contributed by atoms with van der Waals surface area (Å²) >= 11 is 6.12. The van der Waals surface area contributed by atoms with Gasteiger partial charge in [0, 0.05) is 39.7 Å². The first-order valence-corrected chi connectivity index (χ1v) is 14.0. The summed E-state index contributed by atoms with van der Waals surface area (Å²) in [5, 5.41) is 0.679. The lowest BCUT2D eigenvalue weighted by molar-refractivity contribution is 0.0917. The third-order valence-electron chi connectivity index (χ3n) is 7.81. The number of ketones is 1. The van der Waals surface area contributed by atoms with Crippen LogP contribution >= 0.6 is 11.6 Å². The molecule has 5 rings (SSSR count). The van der Waals surface area contributed by atoms with E-state index in [1.807, 2.05) is 31.2 Å². The maximum atomic E-state index is 13.4. The Kier molecular flexibility index (Phi) is 5.97. The highest BCUT2D eigenvalue weighted by Gasteiger charge is 2.40. The van der Waals surface area contributed by atoms with Crippen LogP contribution in [0.4, 0.5) is 0 Å². The Balaban J connectivity index is 1.44. The lowest BCUT2D eigenvalue weighted by Gasteiger charge is -2.23. The summed E-state index contributed by atoms with van der Waals surface area (Å²) in [4.78, 5) is 15.8. The molecule has 3 fully saturated rings. The number of aromatic nitrogens is 1. The standard InChI is InChI=1S/C25H31ClN2O3S/c1-17-24(25(29)16-27-20-6-7-21(27)9-8-20)15-23(14-18-10-12-32(30,31)13-11-18)28(17)22-4-2-19(26)3-5-22/h2-5,15,18,20-21H,6-14,16H2,1H3. The zero-order valence-electron chi connectivity index (χ0n) is 18.6. The molecule has 0 radical (unpaired) electrons. The molecule has 7 heteroatoms. The molecular formula is C25H31ClN2O3S. The molecule has 0 atom stereocenters. The molecule has 0 N–H and O–H groups in total. The Morgan fingerprint density at radius 2 is 1.59 bits per heavy atom. The summed E-state index contributed by atoms with van der Waals surface area (Å²) < 4.78 is 25.9. The average molecular weight is 475 g/mol. The summed E-state index contributed by atoms with van der Waals surface area (Å²) in [5.74, 6) is 1.04. The number of hydrogen-bond acceptors (Lipinski definition) is 4. The van der Waals surface area contributed by atoms with Crippen molar-refractivity contribution < 1.29 is 13.2 Å². The molecule has 2 aromatic rings. The van der Waals surface area contributed by atoms with Crippen molar-refractivity contribution in [2.75, 3.05) is 18.1 Å². The van der Waals surface area contributed by atoms with Gasteiger partial charge in [-0.3, -0.25) is 9.69 Å². The SMILES string of the molecule is Cc1c(C(=O)CN2C3CCC2CC3)cc(CC2CCS(=O)(=O)CC2)n1-c1ccc(Cl)cc1. The van der Waals surface area contributed by atoms with Crippen molar-refractivity contribution in [3.63, 3.8) is 0 Å². The van der Waals surface area contributed by atoms with Crippen molar-refractivity contribution >= 4 is 27.2 Å². The van der Waals surface area contributed by atoms with E-state index in [2.05, 4.69) is 15.5 Å². The van der Waals surface area contributed by atoms with Gasteiger partial charge in [-0.1, -0.05) is 11.6 Å². The van der Waals surface area contributed by atoms with Gasteiger partial charge in [0.05, 0.1) is 18.1 Å². The molecule has 1 aromatic carbocycles. The van der Waals surface area contributed by atoms with Crippen LogP contribution < -0.4 is 0 Å². The normalized spacial score (nSPS) is 25.4. The second kappa shape index (κ2) is 8.62. The predicted octanol–water partition coefficient (Wildman–Crippen LogP) is 4.62. The molecule has 0 spiro atoms. The zero-order valence-corrected chi connectivity index (χ0v) is 20.2. The maximum absolute atomic E-state index is 13.4. The van der Waals surface area contributed by atoms with Gasteiger partial charge < -0.3 is 4.57 Å². The smallest absolute Gasteiger partial charge is 0.178 e. The maximum Gasteiger partial charge on any atom is 0.178 e. The number of hydrogen-bond donors (Lipinski definition) is 0. The molecule has 0 saturated carbocycles. The van der Waals surface area contributed by atoms with Crippen molar-refractivity contribution in [2.24, 2.45) is 5.92 Å². The van der Waals surface area contributed by atoms with Gasteiger partial charge in [0.15, 0.2) is 5.78 Å². The molecular weight excluding hydrogens is 444 g/mol. The Hall–Kier alpha value is -1.63. The molecule has 2 bridgehead atoms. The number of halogens is 1. The number of nitrogens with zero attached hydrogens (tertiary/aromatic N) is 2. The van der Waals surface area contributed by atoms with Crippen LogP contribution in [0, 0.1) is 12.8 Å². The fourth-order valence-electron chi connectivity index (χ4n) is 6.02. The summed E-state index contributed by atoms with van der Waals surface area (Å²) in [6.45, 7) is 2.52. The molecule has 1 aromatic heterocycles. The minimum Gasteiger partial charge on any atom is -0.317 e. The van der Waals surface area contributed by atoms with Crippen LogP contribution in [0.3, 0.4) is 0 Å². The Morgan fingerprint density at radius 1 is 1.00 bits per heavy atom. The molecule has 5 nitrogen and oxygen atoms in total. The number of sulfone groups is 1. The van der Waals surface area contributed by atoms with E-state index in [0.29, 0.717) is 42.4 Å². The van der Waals surface area contributed by atoms with Crippen molar-refractivity contribution in [2.45, 2.75) is 64.0 Å². The van der Waals surface area contributed by atoms with Crippen LogP contribution in [0.25, 0.3) is 5.69 Å². The highest BCUT2D eigenvalue weighted by Crippen LogP contribution is 2.37. The van der Waals surface area contributed by atoms with E-state index >= 15 is 0 Å². The molecule has 3 aliphatic rings. The molecule has 3 aliphatic heterocycles. The van der Waals surface area contributed by atoms with Crippen LogP contribution in [-0.2, 0) is 16.3 Å². The molecule has 0 amide bonds. The van der Waals surface area contributed by atoms with E-state index in [9.17, 15) is 13.2 Å². The van der Waals surface area contributed by atoms with E-state index in [1.165, 1.54) is 25.7 Å². The Morgan fingerprint density at radius 3 is 2.19 bits per heavy atom. The first-order chi connectivity index (χ1) is 15.3. The Bertz CT molecular complexity index is 1090. The third-order valence-corrected chi connectivity index (χ3v) is 9.78. The summed E-state index contributed by atoms with van der Waals surface area (Å²) in [7, 11) is -2.89.